The number of fused-ring (bicyclic) bond motifs is 4. The van der Waals surface area contributed by atoms with Crippen LogP contribution in [0.5, 0.6) is 0 Å². The van der Waals surface area contributed by atoms with E-state index in [1.54, 1.807) is 0 Å². The molecule has 3 heteroatoms. The van der Waals surface area contributed by atoms with E-state index in [0.717, 1.165) is 38.5 Å². The fourth-order valence-electron chi connectivity index (χ4n) is 10.3. The molecule has 2 heterocycles. The number of anilines is 6. The molecule has 8 rings (SSSR count). The van der Waals surface area contributed by atoms with Gasteiger partial charge in [-0.2, -0.15) is 0 Å². The summed E-state index contributed by atoms with van der Waals surface area (Å²) in [6.45, 7) is 14.0. The Balaban J connectivity index is 1.42. The number of hydrogen-bond donors (Lipinski definition) is 0. The summed E-state index contributed by atoms with van der Waals surface area (Å²) in [6, 6.07) is 46.8. The fraction of sp³-hybridized carbons (Fsp3) is 0.400. The Morgan fingerprint density at radius 1 is 0.333 bits per heavy atom. The smallest absolute Gasteiger partial charge is 0.252 e. The first-order chi connectivity index (χ1) is 31.0. The SMILES string of the molecule is CCCCc1ccc(-c2cc(CCCC)ccc2N2c3ccc(CCCC)cc3B3c4cc(CCCC)ccc4N(c4ccc(CCCC)cc4)c4cc(CCCC)cc2c43)cc1. The van der Waals surface area contributed by atoms with Gasteiger partial charge in [0.25, 0.3) is 6.71 Å². The Morgan fingerprint density at radius 3 is 1.21 bits per heavy atom. The molecule has 0 saturated heterocycles. The number of aryl methyl sites for hydroxylation is 6. The van der Waals surface area contributed by atoms with E-state index in [1.165, 1.54) is 172 Å². The summed E-state index contributed by atoms with van der Waals surface area (Å²) in [5.74, 6) is 0. The van der Waals surface area contributed by atoms with Crippen LogP contribution in [-0.4, -0.2) is 6.71 Å². The number of unbranched alkanes of at least 4 members (excludes halogenated alkanes) is 6. The lowest BCUT2D eigenvalue weighted by Crippen LogP contribution is -2.61. The van der Waals surface area contributed by atoms with E-state index in [0.29, 0.717) is 0 Å². The number of rotatable bonds is 21. The molecule has 63 heavy (non-hydrogen) atoms. The zero-order chi connectivity index (χ0) is 43.7. The third kappa shape index (κ3) is 9.60. The van der Waals surface area contributed by atoms with Gasteiger partial charge in [-0.15, -0.1) is 0 Å². The Kier molecular flexibility index (Phi) is 14.9. The molecule has 2 aliphatic heterocycles. The summed E-state index contributed by atoms with van der Waals surface area (Å²) in [7, 11) is 0. The van der Waals surface area contributed by atoms with Gasteiger partial charge < -0.3 is 9.80 Å². The van der Waals surface area contributed by atoms with E-state index in [9.17, 15) is 0 Å². The van der Waals surface area contributed by atoms with E-state index >= 15 is 0 Å². The molecular formula is C60H73BN2. The summed E-state index contributed by atoms with van der Waals surface area (Å²) in [6.07, 6.45) is 21.1. The van der Waals surface area contributed by atoms with Crippen molar-refractivity contribution in [3.05, 3.63) is 149 Å². The van der Waals surface area contributed by atoms with Crippen molar-refractivity contribution >= 4 is 57.2 Å². The molecule has 2 aliphatic rings. The summed E-state index contributed by atoms with van der Waals surface area (Å²) in [5, 5.41) is 0. The highest BCUT2D eigenvalue weighted by molar-refractivity contribution is 7.00. The first-order valence-electron chi connectivity index (χ1n) is 25.3. The Bertz CT molecular complexity index is 2440. The van der Waals surface area contributed by atoms with Crippen molar-refractivity contribution in [1.29, 1.82) is 0 Å². The third-order valence-electron chi connectivity index (χ3n) is 13.9. The highest BCUT2D eigenvalue weighted by Crippen LogP contribution is 2.47. The van der Waals surface area contributed by atoms with Gasteiger partial charge in [-0.1, -0.05) is 147 Å². The van der Waals surface area contributed by atoms with Crippen LogP contribution >= 0.6 is 0 Å². The number of hydrogen-bond acceptors (Lipinski definition) is 2. The molecule has 0 atom stereocenters. The van der Waals surface area contributed by atoms with Crippen LogP contribution in [0.1, 0.15) is 152 Å². The quantitative estimate of drug-likeness (QED) is 0.0666. The molecule has 0 amide bonds. The van der Waals surface area contributed by atoms with E-state index in [1.807, 2.05) is 0 Å². The molecule has 6 aromatic rings. The molecule has 0 unspecified atom stereocenters. The van der Waals surface area contributed by atoms with Crippen molar-refractivity contribution in [1.82, 2.24) is 0 Å². The van der Waals surface area contributed by atoms with Crippen LogP contribution in [0.2, 0.25) is 0 Å². The minimum atomic E-state index is 0.129. The average molecular weight is 833 g/mol. The maximum absolute atomic E-state index is 2.70. The Morgan fingerprint density at radius 2 is 0.714 bits per heavy atom. The largest absolute Gasteiger partial charge is 0.311 e. The lowest BCUT2D eigenvalue weighted by molar-refractivity contribution is 0.794. The molecule has 0 radical (unpaired) electrons. The highest BCUT2D eigenvalue weighted by atomic mass is 15.2. The van der Waals surface area contributed by atoms with Crippen molar-refractivity contribution in [3.8, 4) is 11.1 Å². The van der Waals surface area contributed by atoms with Crippen LogP contribution in [0.3, 0.4) is 0 Å². The van der Waals surface area contributed by atoms with Crippen molar-refractivity contribution in [2.75, 3.05) is 9.80 Å². The van der Waals surface area contributed by atoms with Crippen molar-refractivity contribution < 1.29 is 0 Å². The molecule has 0 fully saturated rings. The van der Waals surface area contributed by atoms with E-state index in [4.69, 9.17) is 0 Å². The first kappa shape index (κ1) is 44.6. The maximum Gasteiger partial charge on any atom is 0.252 e. The second kappa shape index (κ2) is 21.1. The molecule has 0 aromatic heterocycles. The molecule has 0 spiro atoms. The normalized spacial score (nSPS) is 12.7. The third-order valence-corrected chi connectivity index (χ3v) is 13.9. The molecule has 2 nitrogen and oxygen atoms in total. The minimum absolute atomic E-state index is 0.129. The van der Waals surface area contributed by atoms with Gasteiger partial charge in [0, 0.05) is 34.0 Å². The topological polar surface area (TPSA) is 6.48 Å². The molecule has 0 aliphatic carbocycles. The van der Waals surface area contributed by atoms with Gasteiger partial charge in [-0.05, 0) is 181 Å². The maximum atomic E-state index is 2.70. The van der Waals surface area contributed by atoms with Crippen LogP contribution < -0.4 is 26.2 Å². The summed E-state index contributed by atoms with van der Waals surface area (Å²) in [4.78, 5) is 5.34. The van der Waals surface area contributed by atoms with Gasteiger partial charge in [-0.3, -0.25) is 0 Å². The fourth-order valence-corrected chi connectivity index (χ4v) is 10.3. The first-order valence-corrected chi connectivity index (χ1v) is 25.3. The van der Waals surface area contributed by atoms with Gasteiger partial charge in [0.05, 0.1) is 5.69 Å². The van der Waals surface area contributed by atoms with E-state index in [-0.39, 0.29) is 6.71 Å². The Hall–Kier alpha value is -5.02. The zero-order valence-corrected chi connectivity index (χ0v) is 39.7. The summed E-state index contributed by atoms with van der Waals surface area (Å²) < 4.78 is 0. The Labute approximate surface area is 382 Å². The second-order valence-electron chi connectivity index (χ2n) is 18.8. The second-order valence-corrected chi connectivity index (χ2v) is 18.8. The predicted molar refractivity (Wildman–Crippen MR) is 278 cm³/mol. The van der Waals surface area contributed by atoms with Gasteiger partial charge in [0.15, 0.2) is 0 Å². The van der Waals surface area contributed by atoms with Crippen LogP contribution in [0.4, 0.5) is 34.1 Å². The predicted octanol–water partition coefficient (Wildman–Crippen LogP) is 15.5. The number of nitrogens with zero attached hydrogens (tertiary/aromatic N) is 2. The van der Waals surface area contributed by atoms with Crippen molar-refractivity contribution in [3.63, 3.8) is 0 Å². The number of benzene rings is 6. The van der Waals surface area contributed by atoms with Gasteiger partial charge in [-0.25, -0.2) is 0 Å². The van der Waals surface area contributed by atoms with Gasteiger partial charge in [0.1, 0.15) is 0 Å². The van der Waals surface area contributed by atoms with Gasteiger partial charge in [0.2, 0.25) is 0 Å². The average Bonchev–Trinajstić information content (AvgIpc) is 3.32. The lowest BCUT2D eigenvalue weighted by Gasteiger charge is -2.45. The summed E-state index contributed by atoms with van der Waals surface area (Å²) >= 11 is 0. The van der Waals surface area contributed by atoms with Crippen LogP contribution in [-0.2, 0) is 38.5 Å². The molecular weight excluding hydrogens is 759 g/mol. The minimum Gasteiger partial charge on any atom is -0.311 e. The van der Waals surface area contributed by atoms with Crippen molar-refractivity contribution in [2.45, 2.75) is 157 Å². The molecule has 0 bridgehead atoms. The standard InChI is InChI=1S/C60H73BN2/c1-7-13-19-44-25-32-50(33-26-44)52-39-46(21-15-9-3)29-36-55(52)63-57-38-31-48(23-17-11-5)41-54(57)61-53-40-47(22-16-10-4)30-37-56(53)62(51-34-27-45(28-35-51)20-14-8-2)58-42-49(24-18-12-6)43-59(63)60(58)61/h25-43H,7-24H2,1-6H3. The summed E-state index contributed by atoms with van der Waals surface area (Å²) in [5.41, 5.74) is 23.5. The lowest BCUT2D eigenvalue weighted by atomic mass is 9.33. The molecule has 6 aromatic carbocycles. The molecule has 0 N–H and O–H groups in total. The van der Waals surface area contributed by atoms with E-state index < -0.39 is 0 Å². The van der Waals surface area contributed by atoms with E-state index in [2.05, 4.69) is 167 Å². The molecule has 326 valence electrons. The molecule has 0 saturated carbocycles. The van der Waals surface area contributed by atoms with Crippen LogP contribution in [0, 0.1) is 0 Å². The monoisotopic (exact) mass is 833 g/mol. The van der Waals surface area contributed by atoms with Gasteiger partial charge >= 0.3 is 0 Å². The highest BCUT2D eigenvalue weighted by Gasteiger charge is 2.44. The van der Waals surface area contributed by atoms with Crippen LogP contribution in [0.25, 0.3) is 11.1 Å². The zero-order valence-electron chi connectivity index (χ0n) is 39.7. The van der Waals surface area contributed by atoms with Crippen LogP contribution in [0.15, 0.2) is 115 Å². The van der Waals surface area contributed by atoms with Crippen molar-refractivity contribution in [2.24, 2.45) is 0 Å².